The highest BCUT2D eigenvalue weighted by Gasteiger charge is 2.24. The summed E-state index contributed by atoms with van der Waals surface area (Å²) < 4.78 is 0. The van der Waals surface area contributed by atoms with Crippen LogP contribution in [0.1, 0.15) is 42.2 Å². The molecule has 5 rings (SSSR count). The van der Waals surface area contributed by atoms with Crippen LogP contribution in [0.2, 0.25) is 0 Å². The zero-order valence-electron chi connectivity index (χ0n) is 23.7. The first kappa shape index (κ1) is 29.0. The topological polar surface area (TPSA) is 118 Å². The number of Topliss-reactive ketones (excluding diaryl/α,β-unsaturated/α-hetero) is 1. The maximum atomic E-state index is 13.5. The van der Waals surface area contributed by atoms with Gasteiger partial charge in [-0.3, -0.25) is 19.2 Å². The fraction of sp³-hybridized carbons (Fsp3) is 0.111. The van der Waals surface area contributed by atoms with Crippen LogP contribution >= 0.6 is 0 Å². The van der Waals surface area contributed by atoms with Crippen molar-refractivity contribution in [1.82, 2.24) is 10.6 Å². The van der Waals surface area contributed by atoms with Crippen LogP contribution in [0.5, 0.6) is 0 Å². The SMILES string of the molecule is Cc1cc(-c2ccc3ccccc3c2C(N)=O)ccc1C(=O)N[C@@H](Cc1ccccc1)C(=O)CNC(=O)c1ccccc1. The molecule has 0 aliphatic heterocycles. The van der Waals surface area contributed by atoms with Crippen LogP contribution in [-0.2, 0) is 11.2 Å². The van der Waals surface area contributed by atoms with Gasteiger partial charge in [0.2, 0.25) is 5.91 Å². The highest BCUT2D eigenvalue weighted by Crippen LogP contribution is 2.31. The Labute approximate surface area is 249 Å². The van der Waals surface area contributed by atoms with E-state index in [1.165, 1.54) is 0 Å². The smallest absolute Gasteiger partial charge is 0.252 e. The molecule has 5 aromatic rings. The summed E-state index contributed by atoms with van der Waals surface area (Å²) >= 11 is 0. The van der Waals surface area contributed by atoms with Gasteiger partial charge in [0.1, 0.15) is 0 Å². The van der Waals surface area contributed by atoms with Gasteiger partial charge in [-0.1, -0.05) is 97.1 Å². The molecule has 1 atom stereocenters. The van der Waals surface area contributed by atoms with Crippen LogP contribution in [0.4, 0.5) is 0 Å². The number of fused-ring (bicyclic) bond motifs is 1. The van der Waals surface area contributed by atoms with Gasteiger partial charge in [-0.25, -0.2) is 0 Å². The third-order valence-electron chi connectivity index (χ3n) is 7.39. The molecule has 7 heteroatoms. The first-order valence-electron chi connectivity index (χ1n) is 13.9. The first-order chi connectivity index (χ1) is 20.8. The van der Waals surface area contributed by atoms with Gasteiger partial charge in [0.25, 0.3) is 11.8 Å². The van der Waals surface area contributed by atoms with E-state index in [4.69, 9.17) is 5.73 Å². The van der Waals surface area contributed by atoms with Crippen LogP contribution in [0.3, 0.4) is 0 Å². The number of rotatable bonds is 10. The quantitative estimate of drug-likeness (QED) is 0.213. The molecule has 5 aromatic carbocycles. The van der Waals surface area contributed by atoms with Gasteiger partial charge in [-0.2, -0.15) is 0 Å². The number of benzene rings is 5. The number of amides is 3. The number of ketones is 1. The molecule has 0 bridgehead atoms. The van der Waals surface area contributed by atoms with Crippen LogP contribution in [0.25, 0.3) is 21.9 Å². The number of hydrogen-bond donors (Lipinski definition) is 3. The van der Waals surface area contributed by atoms with Crippen LogP contribution in [0.15, 0.2) is 115 Å². The van der Waals surface area contributed by atoms with Gasteiger partial charge < -0.3 is 16.4 Å². The third-order valence-corrected chi connectivity index (χ3v) is 7.39. The van der Waals surface area contributed by atoms with Crippen LogP contribution < -0.4 is 16.4 Å². The minimum atomic E-state index is -0.869. The fourth-order valence-electron chi connectivity index (χ4n) is 5.18. The molecular weight excluding hydrogens is 538 g/mol. The summed E-state index contributed by atoms with van der Waals surface area (Å²) in [4.78, 5) is 51.8. The van der Waals surface area contributed by atoms with Crippen molar-refractivity contribution in [2.24, 2.45) is 5.73 Å². The number of carbonyl (C=O) groups is 4. The summed E-state index contributed by atoms with van der Waals surface area (Å²) in [6, 6.07) is 33.8. The zero-order valence-corrected chi connectivity index (χ0v) is 23.7. The summed E-state index contributed by atoms with van der Waals surface area (Å²) in [5.74, 6) is -1.64. The van der Waals surface area contributed by atoms with E-state index in [1.807, 2.05) is 72.8 Å². The van der Waals surface area contributed by atoms with Crippen molar-refractivity contribution in [3.05, 3.63) is 143 Å². The Morgan fingerprint density at radius 2 is 1.42 bits per heavy atom. The Morgan fingerprint density at radius 1 is 0.744 bits per heavy atom. The molecule has 43 heavy (non-hydrogen) atoms. The lowest BCUT2D eigenvalue weighted by Gasteiger charge is -2.19. The van der Waals surface area contributed by atoms with Crippen molar-refractivity contribution in [3.8, 4) is 11.1 Å². The normalized spacial score (nSPS) is 11.5. The number of nitrogens with one attached hydrogen (secondary N) is 2. The summed E-state index contributed by atoms with van der Waals surface area (Å²) in [5.41, 5.74) is 10.0. The van der Waals surface area contributed by atoms with E-state index in [1.54, 1.807) is 49.4 Å². The second-order valence-electron chi connectivity index (χ2n) is 10.3. The lowest BCUT2D eigenvalue weighted by molar-refractivity contribution is -0.119. The molecule has 3 amide bonds. The van der Waals surface area contributed by atoms with E-state index in [9.17, 15) is 19.2 Å². The van der Waals surface area contributed by atoms with Crippen molar-refractivity contribution in [1.29, 1.82) is 0 Å². The van der Waals surface area contributed by atoms with Crippen molar-refractivity contribution < 1.29 is 19.2 Å². The monoisotopic (exact) mass is 569 g/mol. The van der Waals surface area contributed by atoms with Gasteiger partial charge in [0, 0.05) is 11.1 Å². The molecule has 0 heterocycles. The van der Waals surface area contributed by atoms with Crippen LogP contribution in [-0.4, -0.2) is 36.1 Å². The first-order valence-corrected chi connectivity index (χ1v) is 13.9. The summed E-state index contributed by atoms with van der Waals surface area (Å²) in [7, 11) is 0. The second kappa shape index (κ2) is 13.0. The Bertz CT molecular complexity index is 1820. The van der Waals surface area contributed by atoms with Gasteiger partial charge >= 0.3 is 0 Å². The third kappa shape index (κ3) is 6.68. The van der Waals surface area contributed by atoms with E-state index in [0.717, 1.165) is 21.9 Å². The maximum Gasteiger partial charge on any atom is 0.252 e. The van der Waals surface area contributed by atoms with Crippen molar-refractivity contribution in [2.75, 3.05) is 6.54 Å². The average molecular weight is 570 g/mol. The molecule has 0 unspecified atom stereocenters. The van der Waals surface area contributed by atoms with Gasteiger partial charge in [0.05, 0.1) is 18.2 Å². The standard InChI is InChI=1S/C36H31N3O4/c1-23-20-27(30-19-16-25-12-8-9-15-29(25)33(30)34(37)41)17-18-28(23)36(43)39-31(21-24-10-4-2-5-11-24)32(40)22-38-35(42)26-13-6-3-7-14-26/h2-20,31H,21-22H2,1H3,(H2,37,41)(H,38,42)(H,39,43)/t31-/m0/s1. The van der Waals surface area contributed by atoms with E-state index in [0.29, 0.717) is 27.8 Å². The molecule has 0 aromatic heterocycles. The Morgan fingerprint density at radius 3 is 2.12 bits per heavy atom. The molecule has 0 spiro atoms. The fourth-order valence-corrected chi connectivity index (χ4v) is 5.18. The lowest BCUT2D eigenvalue weighted by Crippen LogP contribution is -2.46. The summed E-state index contributed by atoms with van der Waals surface area (Å²) in [6.45, 7) is 1.57. The van der Waals surface area contributed by atoms with Gasteiger partial charge in [0.15, 0.2) is 5.78 Å². The highest BCUT2D eigenvalue weighted by molar-refractivity contribution is 6.12. The predicted molar refractivity (Wildman–Crippen MR) is 168 cm³/mol. The number of hydrogen-bond acceptors (Lipinski definition) is 4. The molecule has 0 aliphatic carbocycles. The molecule has 0 radical (unpaired) electrons. The zero-order chi connectivity index (χ0) is 30.3. The number of carbonyl (C=O) groups excluding carboxylic acids is 4. The van der Waals surface area contributed by atoms with Gasteiger partial charge in [-0.15, -0.1) is 0 Å². The molecule has 7 nitrogen and oxygen atoms in total. The molecule has 0 saturated carbocycles. The molecule has 214 valence electrons. The molecule has 4 N–H and O–H groups in total. The maximum absolute atomic E-state index is 13.5. The van der Waals surface area contributed by atoms with Crippen molar-refractivity contribution in [2.45, 2.75) is 19.4 Å². The van der Waals surface area contributed by atoms with E-state index >= 15 is 0 Å². The average Bonchev–Trinajstić information content (AvgIpc) is 3.03. The number of primary amides is 1. The van der Waals surface area contributed by atoms with Gasteiger partial charge in [-0.05, 0) is 64.6 Å². The van der Waals surface area contributed by atoms with Crippen molar-refractivity contribution in [3.63, 3.8) is 0 Å². The minimum absolute atomic E-state index is 0.235. The Balaban J connectivity index is 1.37. The molecular formula is C36H31N3O4. The summed E-state index contributed by atoms with van der Waals surface area (Å²) in [5, 5.41) is 7.21. The Kier molecular flexibility index (Phi) is 8.72. The second-order valence-corrected chi connectivity index (χ2v) is 10.3. The predicted octanol–water partition coefficient (Wildman–Crippen LogP) is 5.25. The molecule has 0 aliphatic rings. The van der Waals surface area contributed by atoms with Crippen molar-refractivity contribution >= 4 is 34.3 Å². The molecule has 0 saturated heterocycles. The van der Waals surface area contributed by atoms with E-state index < -0.39 is 17.9 Å². The number of nitrogens with two attached hydrogens (primary N) is 1. The largest absolute Gasteiger partial charge is 0.366 e. The summed E-state index contributed by atoms with van der Waals surface area (Å²) in [6.07, 6.45) is 0.267. The van der Waals surface area contributed by atoms with E-state index in [-0.39, 0.29) is 24.7 Å². The van der Waals surface area contributed by atoms with Crippen LogP contribution in [0, 0.1) is 6.92 Å². The minimum Gasteiger partial charge on any atom is -0.366 e. The molecule has 0 fully saturated rings. The lowest BCUT2D eigenvalue weighted by atomic mass is 9.92. The highest BCUT2D eigenvalue weighted by atomic mass is 16.2. The number of aryl methyl sites for hydroxylation is 1. The Hall–Kier alpha value is -5.56. The van der Waals surface area contributed by atoms with E-state index in [2.05, 4.69) is 10.6 Å².